The van der Waals surface area contributed by atoms with Crippen molar-refractivity contribution >= 4 is 0 Å². The molecular formula is C12H14N4O. The molecule has 17 heavy (non-hydrogen) atoms. The maximum absolute atomic E-state index is 5.76. The van der Waals surface area contributed by atoms with Crippen LogP contribution in [0.3, 0.4) is 0 Å². The summed E-state index contributed by atoms with van der Waals surface area (Å²) in [6.07, 6.45) is 1.86. The van der Waals surface area contributed by atoms with E-state index in [9.17, 15) is 0 Å². The van der Waals surface area contributed by atoms with Crippen molar-refractivity contribution in [2.75, 3.05) is 0 Å². The van der Waals surface area contributed by atoms with E-state index in [4.69, 9.17) is 10.5 Å². The average molecular weight is 230 g/mol. The van der Waals surface area contributed by atoms with E-state index < -0.39 is 0 Å². The molecule has 1 unspecified atom stereocenters. The Morgan fingerprint density at radius 1 is 1.35 bits per heavy atom. The molecule has 0 saturated heterocycles. The third kappa shape index (κ3) is 1.83. The van der Waals surface area contributed by atoms with Crippen molar-refractivity contribution in [1.82, 2.24) is 15.0 Å². The zero-order valence-corrected chi connectivity index (χ0v) is 9.63. The standard InChI is InChI=1S/C12H14N4O/c1-8(13)12-5-16(15-14-12)11-3-2-9-6-17-7-10(9)4-11/h2-5,8H,6-7,13H2,1H3. The molecule has 2 aromatic rings. The molecule has 2 N–H and O–H groups in total. The second-order valence-corrected chi connectivity index (χ2v) is 4.32. The number of ether oxygens (including phenoxy) is 1. The van der Waals surface area contributed by atoms with Crippen LogP contribution in [0.15, 0.2) is 24.4 Å². The van der Waals surface area contributed by atoms with Gasteiger partial charge in [-0.2, -0.15) is 0 Å². The van der Waals surface area contributed by atoms with E-state index in [1.807, 2.05) is 19.2 Å². The van der Waals surface area contributed by atoms with Gasteiger partial charge >= 0.3 is 0 Å². The summed E-state index contributed by atoms with van der Waals surface area (Å²) in [4.78, 5) is 0. The van der Waals surface area contributed by atoms with E-state index in [0.29, 0.717) is 13.2 Å². The number of aromatic nitrogens is 3. The molecule has 0 bridgehead atoms. The van der Waals surface area contributed by atoms with Crippen molar-refractivity contribution in [3.05, 3.63) is 41.2 Å². The van der Waals surface area contributed by atoms with Crippen molar-refractivity contribution < 1.29 is 4.74 Å². The molecule has 1 aromatic heterocycles. The Bertz CT molecular complexity index is 547. The van der Waals surface area contributed by atoms with E-state index in [1.165, 1.54) is 11.1 Å². The molecular weight excluding hydrogens is 216 g/mol. The normalized spacial score (nSPS) is 15.9. The van der Waals surface area contributed by atoms with Crippen LogP contribution in [-0.2, 0) is 18.0 Å². The largest absolute Gasteiger partial charge is 0.372 e. The van der Waals surface area contributed by atoms with Gasteiger partial charge in [-0.05, 0) is 30.2 Å². The summed E-state index contributed by atoms with van der Waals surface area (Å²) < 4.78 is 7.13. The highest BCUT2D eigenvalue weighted by Crippen LogP contribution is 2.22. The van der Waals surface area contributed by atoms with Gasteiger partial charge in [0.2, 0.25) is 0 Å². The van der Waals surface area contributed by atoms with Crippen LogP contribution in [-0.4, -0.2) is 15.0 Å². The van der Waals surface area contributed by atoms with Crippen LogP contribution in [0, 0.1) is 0 Å². The van der Waals surface area contributed by atoms with Crippen LogP contribution < -0.4 is 5.73 Å². The number of hydrogen-bond donors (Lipinski definition) is 1. The van der Waals surface area contributed by atoms with Crippen molar-refractivity contribution in [3.63, 3.8) is 0 Å². The number of hydrogen-bond acceptors (Lipinski definition) is 4. The third-order valence-electron chi connectivity index (χ3n) is 2.95. The quantitative estimate of drug-likeness (QED) is 0.845. The molecule has 0 spiro atoms. The first-order chi connectivity index (χ1) is 8.24. The van der Waals surface area contributed by atoms with Gasteiger partial charge < -0.3 is 10.5 Å². The van der Waals surface area contributed by atoms with Crippen LogP contribution in [0.4, 0.5) is 0 Å². The fourth-order valence-corrected chi connectivity index (χ4v) is 1.91. The Morgan fingerprint density at radius 2 is 2.18 bits per heavy atom. The number of fused-ring (bicyclic) bond motifs is 1. The second-order valence-electron chi connectivity index (χ2n) is 4.32. The van der Waals surface area contributed by atoms with Crippen LogP contribution >= 0.6 is 0 Å². The van der Waals surface area contributed by atoms with Crippen molar-refractivity contribution in [3.8, 4) is 5.69 Å². The van der Waals surface area contributed by atoms with Crippen LogP contribution in [0.2, 0.25) is 0 Å². The smallest absolute Gasteiger partial charge is 0.0995 e. The van der Waals surface area contributed by atoms with E-state index in [0.717, 1.165) is 11.4 Å². The average Bonchev–Trinajstić information content (AvgIpc) is 2.97. The number of benzene rings is 1. The molecule has 3 rings (SSSR count). The van der Waals surface area contributed by atoms with Gasteiger partial charge in [-0.1, -0.05) is 11.3 Å². The summed E-state index contributed by atoms with van der Waals surface area (Å²) >= 11 is 0. The summed E-state index contributed by atoms with van der Waals surface area (Å²) in [5.41, 5.74) is 10.0. The molecule has 5 heteroatoms. The zero-order valence-electron chi connectivity index (χ0n) is 9.63. The number of rotatable bonds is 2. The first-order valence-corrected chi connectivity index (χ1v) is 5.62. The maximum atomic E-state index is 5.76. The highest BCUT2D eigenvalue weighted by molar-refractivity contribution is 5.41. The molecule has 5 nitrogen and oxygen atoms in total. The highest BCUT2D eigenvalue weighted by atomic mass is 16.5. The first kappa shape index (κ1) is 10.4. The van der Waals surface area contributed by atoms with Gasteiger partial charge in [0.25, 0.3) is 0 Å². The van der Waals surface area contributed by atoms with Gasteiger partial charge in [-0.3, -0.25) is 0 Å². The Labute approximate surface area is 99.2 Å². The topological polar surface area (TPSA) is 66.0 Å². The fourth-order valence-electron chi connectivity index (χ4n) is 1.91. The molecule has 0 aliphatic carbocycles. The van der Waals surface area contributed by atoms with Crippen LogP contribution in [0.1, 0.15) is 29.8 Å². The molecule has 1 aliphatic rings. The Kier molecular flexibility index (Phi) is 2.42. The first-order valence-electron chi connectivity index (χ1n) is 5.62. The van der Waals surface area contributed by atoms with E-state index in [1.54, 1.807) is 4.68 Å². The predicted octanol–water partition coefficient (Wildman–Crippen LogP) is 1.32. The van der Waals surface area contributed by atoms with Gasteiger partial charge in [0.05, 0.1) is 30.8 Å². The molecule has 1 aliphatic heterocycles. The third-order valence-corrected chi connectivity index (χ3v) is 2.95. The van der Waals surface area contributed by atoms with Gasteiger partial charge in [0.1, 0.15) is 0 Å². The van der Waals surface area contributed by atoms with E-state index in [-0.39, 0.29) is 6.04 Å². The number of nitrogens with zero attached hydrogens (tertiary/aromatic N) is 3. The second kappa shape index (κ2) is 3.94. The van der Waals surface area contributed by atoms with Crippen LogP contribution in [0.5, 0.6) is 0 Å². The summed E-state index contributed by atoms with van der Waals surface area (Å²) in [6.45, 7) is 3.28. The SMILES string of the molecule is CC(N)c1cn(-c2ccc3c(c2)COC3)nn1. The Morgan fingerprint density at radius 3 is 2.94 bits per heavy atom. The van der Waals surface area contributed by atoms with E-state index >= 15 is 0 Å². The van der Waals surface area contributed by atoms with Gasteiger partial charge in [0.15, 0.2) is 0 Å². The monoisotopic (exact) mass is 230 g/mol. The molecule has 2 heterocycles. The van der Waals surface area contributed by atoms with Crippen molar-refractivity contribution in [2.45, 2.75) is 26.2 Å². The molecule has 0 fully saturated rings. The summed E-state index contributed by atoms with van der Waals surface area (Å²) in [5.74, 6) is 0. The van der Waals surface area contributed by atoms with Gasteiger partial charge in [-0.15, -0.1) is 5.10 Å². The minimum Gasteiger partial charge on any atom is -0.372 e. The molecule has 0 amide bonds. The Hall–Kier alpha value is -1.72. The highest BCUT2D eigenvalue weighted by Gasteiger charge is 2.13. The fraction of sp³-hybridized carbons (Fsp3) is 0.333. The summed E-state index contributed by atoms with van der Waals surface area (Å²) in [6, 6.07) is 6.08. The molecule has 0 saturated carbocycles. The molecule has 0 radical (unpaired) electrons. The van der Waals surface area contributed by atoms with Crippen molar-refractivity contribution in [1.29, 1.82) is 0 Å². The van der Waals surface area contributed by atoms with Crippen molar-refractivity contribution in [2.24, 2.45) is 5.73 Å². The lowest BCUT2D eigenvalue weighted by Crippen LogP contribution is -2.04. The zero-order chi connectivity index (χ0) is 11.8. The Balaban J connectivity index is 1.97. The summed E-state index contributed by atoms with van der Waals surface area (Å²) in [7, 11) is 0. The number of nitrogens with two attached hydrogens (primary N) is 1. The van der Waals surface area contributed by atoms with Crippen LogP contribution in [0.25, 0.3) is 5.69 Å². The minimum absolute atomic E-state index is 0.0958. The molecule has 1 atom stereocenters. The molecule has 1 aromatic carbocycles. The van der Waals surface area contributed by atoms with Gasteiger partial charge in [0, 0.05) is 6.04 Å². The predicted molar refractivity (Wildman–Crippen MR) is 62.5 cm³/mol. The lowest BCUT2D eigenvalue weighted by molar-refractivity contribution is 0.134. The van der Waals surface area contributed by atoms with E-state index in [2.05, 4.69) is 22.4 Å². The van der Waals surface area contributed by atoms with Gasteiger partial charge in [-0.25, -0.2) is 4.68 Å². The lowest BCUT2D eigenvalue weighted by atomic mass is 10.1. The summed E-state index contributed by atoms with van der Waals surface area (Å²) in [5, 5.41) is 8.12. The molecule has 88 valence electrons. The minimum atomic E-state index is -0.0958. The maximum Gasteiger partial charge on any atom is 0.0995 e. The lowest BCUT2D eigenvalue weighted by Gasteiger charge is -2.02.